The number of hydrogen-bond acceptors (Lipinski definition) is 4. The number of aromatic nitrogens is 1. The van der Waals surface area contributed by atoms with Crippen LogP contribution in [0.5, 0.6) is 5.75 Å². The fourth-order valence-electron chi connectivity index (χ4n) is 1.78. The number of methoxy groups -OCH3 is 1. The molecule has 3 nitrogen and oxygen atoms in total. The smallest absolute Gasteiger partial charge is 0.188 e. The van der Waals surface area contributed by atoms with Gasteiger partial charge < -0.3 is 10.1 Å². The second-order valence-corrected chi connectivity index (χ2v) is 6.26. The van der Waals surface area contributed by atoms with E-state index in [0.29, 0.717) is 0 Å². The lowest BCUT2D eigenvalue weighted by atomic mass is 10.3. The first-order valence-electron chi connectivity index (χ1n) is 5.72. The van der Waals surface area contributed by atoms with Crippen LogP contribution in [0, 0.1) is 3.57 Å². The fraction of sp³-hybridized carbons (Fsp3) is 0.0714. The maximum absolute atomic E-state index is 5.22. The summed E-state index contributed by atoms with van der Waals surface area (Å²) >= 11 is 3.92. The standard InChI is InChI=1S/C14H11IN2OS/c1-18-11-5-6-12-13(8-11)19-14(17-12)16-10-4-2-3-9(15)7-10/h2-8H,1H3,(H,16,17). The summed E-state index contributed by atoms with van der Waals surface area (Å²) in [5, 5.41) is 4.23. The van der Waals surface area contributed by atoms with Crippen LogP contribution in [-0.2, 0) is 0 Å². The Bertz CT molecular complexity index is 726. The number of rotatable bonds is 3. The molecule has 3 rings (SSSR count). The molecule has 19 heavy (non-hydrogen) atoms. The zero-order chi connectivity index (χ0) is 13.2. The third kappa shape index (κ3) is 2.82. The van der Waals surface area contributed by atoms with Crippen molar-refractivity contribution in [3.63, 3.8) is 0 Å². The van der Waals surface area contributed by atoms with Gasteiger partial charge in [0.05, 0.1) is 17.3 Å². The molecule has 0 aliphatic heterocycles. The van der Waals surface area contributed by atoms with Gasteiger partial charge in [-0.1, -0.05) is 17.4 Å². The number of halogens is 1. The van der Waals surface area contributed by atoms with Crippen molar-refractivity contribution in [3.8, 4) is 5.75 Å². The van der Waals surface area contributed by atoms with Crippen molar-refractivity contribution in [2.45, 2.75) is 0 Å². The SMILES string of the molecule is COc1ccc2nc(Nc3cccc(I)c3)sc2c1. The summed E-state index contributed by atoms with van der Waals surface area (Å²) in [4.78, 5) is 4.56. The van der Waals surface area contributed by atoms with Crippen LogP contribution in [0.25, 0.3) is 10.2 Å². The monoisotopic (exact) mass is 382 g/mol. The molecule has 0 unspecified atom stereocenters. The number of anilines is 2. The predicted molar refractivity (Wildman–Crippen MR) is 88.6 cm³/mol. The van der Waals surface area contributed by atoms with Crippen LogP contribution in [0.1, 0.15) is 0 Å². The van der Waals surface area contributed by atoms with Crippen molar-refractivity contribution in [2.24, 2.45) is 0 Å². The largest absolute Gasteiger partial charge is 0.497 e. The quantitative estimate of drug-likeness (QED) is 0.670. The molecule has 0 fully saturated rings. The number of ether oxygens (including phenoxy) is 1. The normalized spacial score (nSPS) is 10.6. The average Bonchev–Trinajstić information content (AvgIpc) is 2.79. The van der Waals surface area contributed by atoms with E-state index in [0.717, 1.165) is 26.8 Å². The van der Waals surface area contributed by atoms with Crippen LogP contribution < -0.4 is 10.1 Å². The van der Waals surface area contributed by atoms with Crippen molar-refractivity contribution in [2.75, 3.05) is 12.4 Å². The zero-order valence-electron chi connectivity index (χ0n) is 10.2. The minimum absolute atomic E-state index is 0.858. The molecule has 0 radical (unpaired) electrons. The molecule has 0 aliphatic carbocycles. The molecular weight excluding hydrogens is 371 g/mol. The Morgan fingerprint density at radius 3 is 2.89 bits per heavy atom. The number of fused-ring (bicyclic) bond motifs is 1. The van der Waals surface area contributed by atoms with Gasteiger partial charge in [-0.05, 0) is 59.0 Å². The Morgan fingerprint density at radius 2 is 2.11 bits per heavy atom. The predicted octanol–water partition coefficient (Wildman–Crippen LogP) is 4.65. The summed E-state index contributed by atoms with van der Waals surface area (Å²) in [6.45, 7) is 0. The van der Waals surface area contributed by atoms with E-state index in [9.17, 15) is 0 Å². The average molecular weight is 382 g/mol. The van der Waals surface area contributed by atoms with Crippen LogP contribution in [-0.4, -0.2) is 12.1 Å². The second kappa shape index (κ2) is 5.34. The van der Waals surface area contributed by atoms with Gasteiger partial charge in [-0.15, -0.1) is 0 Å². The summed E-state index contributed by atoms with van der Waals surface area (Å²) < 4.78 is 7.54. The van der Waals surface area contributed by atoms with E-state index in [1.54, 1.807) is 18.4 Å². The lowest BCUT2D eigenvalue weighted by Crippen LogP contribution is -1.88. The number of thiazole rings is 1. The fourth-order valence-corrected chi connectivity index (χ4v) is 3.23. The first-order valence-corrected chi connectivity index (χ1v) is 7.61. The van der Waals surface area contributed by atoms with Crippen molar-refractivity contribution in [1.29, 1.82) is 0 Å². The number of nitrogens with zero attached hydrogens (tertiary/aromatic N) is 1. The molecule has 0 saturated heterocycles. The zero-order valence-corrected chi connectivity index (χ0v) is 13.2. The van der Waals surface area contributed by atoms with E-state index in [2.05, 4.69) is 45.0 Å². The summed E-state index contributed by atoms with van der Waals surface area (Å²) in [7, 11) is 1.67. The highest BCUT2D eigenvalue weighted by Crippen LogP contribution is 2.31. The molecule has 1 aromatic heterocycles. The lowest BCUT2D eigenvalue weighted by Gasteiger charge is -2.01. The summed E-state index contributed by atoms with van der Waals surface area (Å²) in [5.74, 6) is 0.858. The second-order valence-electron chi connectivity index (χ2n) is 3.99. The van der Waals surface area contributed by atoms with Gasteiger partial charge in [0.25, 0.3) is 0 Å². The first-order chi connectivity index (χ1) is 9.24. The molecule has 0 atom stereocenters. The van der Waals surface area contributed by atoms with Crippen LogP contribution >= 0.6 is 33.9 Å². The highest BCUT2D eigenvalue weighted by molar-refractivity contribution is 14.1. The van der Waals surface area contributed by atoms with Crippen molar-refractivity contribution < 1.29 is 4.74 Å². The van der Waals surface area contributed by atoms with Crippen LogP contribution in [0.4, 0.5) is 10.8 Å². The summed E-state index contributed by atoms with van der Waals surface area (Å²) in [6.07, 6.45) is 0. The molecule has 3 aromatic rings. The summed E-state index contributed by atoms with van der Waals surface area (Å²) in [6, 6.07) is 14.1. The molecule has 2 aromatic carbocycles. The van der Waals surface area contributed by atoms with E-state index in [-0.39, 0.29) is 0 Å². The van der Waals surface area contributed by atoms with Crippen LogP contribution in [0.15, 0.2) is 42.5 Å². The maximum atomic E-state index is 5.22. The maximum Gasteiger partial charge on any atom is 0.188 e. The molecule has 0 bridgehead atoms. The van der Waals surface area contributed by atoms with Gasteiger partial charge in [0.1, 0.15) is 5.75 Å². The molecule has 1 heterocycles. The van der Waals surface area contributed by atoms with Gasteiger partial charge >= 0.3 is 0 Å². The van der Waals surface area contributed by atoms with Crippen molar-refractivity contribution >= 4 is 55.0 Å². The topological polar surface area (TPSA) is 34.1 Å². The van der Waals surface area contributed by atoms with Crippen molar-refractivity contribution in [1.82, 2.24) is 4.98 Å². The molecule has 5 heteroatoms. The molecule has 0 amide bonds. The van der Waals surface area contributed by atoms with Gasteiger partial charge in [-0.3, -0.25) is 0 Å². The molecule has 96 valence electrons. The number of benzene rings is 2. The molecule has 1 N–H and O–H groups in total. The van der Waals surface area contributed by atoms with E-state index in [1.807, 2.05) is 30.3 Å². The highest BCUT2D eigenvalue weighted by Gasteiger charge is 2.05. The van der Waals surface area contributed by atoms with Crippen molar-refractivity contribution in [3.05, 3.63) is 46.0 Å². The van der Waals surface area contributed by atoms with Gasteiger partial charge in [0.2, 0.25) is 0 Å². The molecule has 0 spiro atoms. The highest BCUT2D eigenvalue weighted by atomic mass is 127. The van der Waals surface area contributed by atoms with E-state index in [1.165, 1.54) is 3.57 Å². The van der Waals surface area contributed by atoms with Crippen LogP contribution in [0.2, 0.25) is 0 Å². The lowest BCUT2D eigenvalue weighted by molar-refractivity contribution is 0.415. The Balaban J connectivity index is 1.93. The third-order valence-electron chi connectivity index (χ3n) is 2.67. The number of nitrogens with one attached hydrogen (secondary N) is 1. The minimum Gasteiger partial charge on any atom is -0.497 e. The first kappa shape index (κ1) is 12.7. The van der Waals surface area contributed by atoms with E-state index in [4.69, 9.17) is 4.74 Å². The summed E-state index contributed by atoms with van der Waals surface area (Å²) in [5.41, 5.74) is 2.04. The van der Waals surface area contributed by atoms with Gasteiger partial charge in [-0.25, -0.2) is 4.98 Å². The Morgan fingerprint density at radius 1 is 1.21 bits per heavy atom. The molecule has 0 saturated carbocycles. The van der Waals surface area contributed by atoms with E-state index < -0.39 is 0 Å². The van der Waals surface area contributed by atoms with Gasteiger partial charge in [0, 0.05) is 9.26 Å². The third-order valence-corrected chi connectivity index (χ3v) is 4.28. The minimum atomic E-state index is 0.858. The van der Waals surface area contributed by atoms with Gasteiger partial charge in [-0.2, -0.15) is 0 Å². The Labute approximate surface area is 128 Å². The van der Waals surface area contributed by atoms with Crippen LogP contribution in [0.3, 0.4) is 0 Å². The Hall–Kier alpha value is -1.34. The molecule has 0 aliphatic rings. The van der Waals surface area contributed by atoms with E-state index >= 15 is 0 Å². The van der Waals surface area contributed by atoms with Gasteiger partial charge in [0.15, 0.2) is 5.13 Å². The number of hydrogen-bond donors (Lipinski definition) is 1. The molecular formula is C14H11IN2OS. The Kier molecular flexibility index (Phi) is 3.56.